The molecular formula is C26H30N2O8. The van der Waals surface area contributed by atoms with Gasteiger partial charge >= 0.3 is 0 Å². The van der Waals surface area contributed by atoms with Crippen LogP contribution in [-0.2, 0) is 20.8 Å². The van der Waals surface area contributed by atoms with Crippen molar-refractivity contribution in [1.29, 1.82) is 0 Å². The molecule has 0 heterocycles. The number of aliphatic hydroxyl groups is 3. The fourth-order valence-corrected chi connectivity index (χ4v) is 5.68. The van der Waals surface area contributed by atoms with E-state index in [0.717, 1.165) is 0 Å². The minimum atomic E-state index is -2.55. The van der Waals surface area contributed by atoms with Gasteiger partial charge in [-0.2, -0.15) is 0 Å². The molecule has 7 N–H and O–H groups in total. The molecule has 0 aliphatic heterocycles. The number of carbonyl (C=O) groups is 4. The normalized spacial score (nSPS) is 30.0. The molecule has 1 aromatic carbocycles. The lowest BCUT2D eigenvalue weighted by Crippen LogP contribution is -2.63. The smallest absolute Gasteiger partial charge is 0.244 e. The predicted molar refractivity (Wildman–Crippen MR) is 128 cm³/mol. The molecule has 0 saturated heterocycles. The second-order valence-corrected chi connectivity index (χ2v) is 10.8. The molecule has 192 valence electrons. The predicted octanol–water partition coefficient (Wildman–Crippen LogP) is 0.673. The summed E-state index contributed by atoms with van der Waals surface area (Å²) >= 11 is 0. The number of amides is 2. The zero-order valence-electron chi connectivity index (χ0n) is 20.2. The Balaban J connectivity index is 1.78. The number of primary amides is 1. The number of nitrogens with two attached hydrogens (primary N) is 1. The number of aliphatic hydroxyl groups excluding tert-OH is 2. The van der Waals surface area contributed by atoms with E-state index in [0.29, 0.717) is 11.1 Å². The lowest BCUT2D eigenvalue weighted by molar-refractivity contribution is -0.167. The number of allylic oxidation sites excluding steroid dienone is 1. The van der Waals surface area contributed by atoms with Crippen molar-refractivity contribution in [2.75, 3.05) is 0 Å². The zero-order chi connectivity index (χ0) is 26.7. The quantitative estimate of drug-likeness (QED) is 0.259. The first-order valence-corrected chi connectivity index (χ1v) is 11.7. The van der Waals surface area contributed by atoms with Crippen LogP contribution in [0.15, 0.2) is 29.5 Å². The number of aromatic hydroxyl groups is 1. The average Bonchev–Trinajstić information content (AvgIpc) is 2.74. The molecule has 36 heavy (non-hydrogen) atoms. The van der Waals surface area contributed by atoms with Crippen LogP contribution in [0, 0.1) is 17.8 Å². The van der Waals surface area contributed by atoms with E-state index in [1.54, 1.807) is 6.07 Å². The Morgan fingerprint density at radius 2 is 1.83 bits per heavy atom. The monoisotopic (exact) mass is 498 g/mol. The molecule has 1 aromatic rings. The van der Waals surface area contributed by atoms with Crippen LogP contribution in [0.1, 0.15) is 55.1 Å². The number of ketones is 2. The molecule has 3 aliphatic carbocycles. The fraction of sp³-hybridized carbons (Fsp3) is 0.462. The van der Waals surface area contributed by atoms with Crippen molar-refractivity contribution in [1.82, 2.24) is 5.32 Å². The Morgan fingerprint density at radius 1 is 1.17 bits per heavy atom. The maximum absolute atomic E-state index is 13.5. The van der Waals surface area contributed by atoms with Gasteiger partial charge in [0, 0.05) is 23.1 Å². The van der Waals surface area contributed by atoms with Crippen molar-refractivity contribution >= 4 is 29.5 Å². The number of nitrogens with one attached hydrogen (secondary N) is 1. The van der Waals surface area contributed by atoms with Crippen LogP contribution in [-0.4, -0.2) is 61.1 Å². The summed E-state index contributed by atoms with van der Waals surface area (Å²) in [7, 11) is 0. The summed E-state index contributed by atoms with van der Waals surface area (Å²) in [6.45, 7) is 5.51. The van der Waals surface area contributed by atoms with Gasteiger partial charge in [-0.15, -0.1) is 0 Å². The molecule has 0 spiro atoms. The van der Waals surface area contributed by atoms with Crippen molar-refractivity contribution in [3.63, 3.8) is 0 Å². The number of benzene rings is 1. The highest BCUT2D eigenvalue weighted by Gasteiger charge is 2.62. The maximum Gasteiger partial charge on any atom is 0.244 e. The van der Waals surface area contributed by atoms with E-state index >= 15 is 0 Å². The summed E-state index contributed by atoms with van der Waals surface area (Å²) in [5, 5.41) is 46.0. The molecule has 0 bridgehead atoms. The Hall–Kier alpha value is -3.50. The van der Waals surface area contributed by atoms with E-state index in [9.17, 15) is 39.6 Å². The van der Waals surface area contributed by atoms with Crippen LogP contribution >= 0.6 is 0 Å². The second-order valence-electron chi connectivity index (χ2n) is 10.8. The van der Waals surface area contributed by atoms with Crippen molar-refractivity contribution in [3.8, 4) is 5.75 Å². The van der Waals surface area contributed by atoms with Crippen molar-refractivity contribution in [3.05, 3.63) is 46.2 Å². The van der Waals surface area contributed by atoms with Crippen LogP contribution in [0.2, 0.25) is 0 Å². The van der Waals surface area contributed by atoms with E-state index in [1.807, 2.05) is 20.8 Å². The van der Waals surface area contributed by atoms with Crippen molar-refractivity contribution in [2.24, 2.45) is 23.5 Å². The van der Waals surface area contributed by atoms with Crippen LogP contribution in [0.25, 0.3) is 6.08 Å². The van der Waals surface area contributed by atoms with Gasteiger partial charge in [-0.1, -0.05) is 6.07 Å². The molecule has 2 unspecified atom stereocenters. The largest absolute Gasteiger partial charge is 0.508 e. The van der Waals surface area contributed by atoms with Gasteiger partial charge in [-0.25, -0.2) is 0 Å². The molecule has 2 amide bonds. The SMILES string of the molecule is CC(C)(C)NC(=O)/C=C/c1ccc(O)c2c1C[C@H]1C[C@H]3CC(O)C(C(N)=O)C(=O)[C@@]3(O)C(O)=C1C2=O. The number of hydrogen-bond donors (Lipinski definition) is 6. The first-order valence-electron chi connectivity index (χ1n) is 11.7. The highest BCUT2D eigenvalue weighted by Crippen LogP contribution is 2.51. The number of phenols is 1. The third kappa shape index (κ3) is 4.00. The fourth-order valence-electron chi connectivity index (χ4n) is 5.68. The van der Waals surface area contributed by atoms with Crippen LogP contribution in [0.4, 0.5) is 0 Å². The van der Waals surface area contributed by atoms with Gasteiger partial charge in [0.25, 0.3) is 0 Å². The average molecular weight is 499 g/mol. The van der Waals surface area contributed by atoms with Crippen molar-refractivity contribution in [2.45, 2.75) is 57.3 Å². The highest BCUT2D eigenvalue weighted by molar-refractivity contribution is 6.15. The summed E-state index contributed by atoms with van der Waals surface area (Å²) in [5.74, 6) is -7.90. The lowest BCUT2D eigenvalue weighted by atomic mass is 9.57. The molecule has 4 rings (SSSR count). The van der Waals surface area contributed by atoms with Gasteiger partial charge in [0.15, 0.2) is 17.2 Å². The molecule has 10 heteroatoms. The number of fused-ring (bicyclic) bond motifs is 3. The molecule has 1 fully saturated rings. The van der Waals surface area contributed by atoms with Gasteiger partial charge in [0.2, 0.25) is 11.8 Å². The standard InChI is InChI=1S/C26H30N2O8/c1-25(2,3)28-17(31)7-5-11-4-6-15(29)19-14(11)9-12-8-13-10-16(30)20(24(27)35)23(34)26(13,36)22(33)18(12)21(19)32/h4-7,12-13,16,20,29-30,33,36H,8-10H2,1-3H3,(H2,27,35)(H,28,31)/b7-5+/t12-,13+,16?,20?,26+/m1/s1. The lowest BCUT2D eigenvalue weighted by Gasteiger charge is -2.48. The minimum Gasteiger partial charge on any atom is -0.508 e. The number of Topliss-reactive ketones (excluding diaryl/α,β-unsaturated/α-hetero) is 2. The van der Waals surface area contributed by atoms with Crippen LogP contribution in [0.5, 0.6) is 5.75 Å². The molecule has 3 aliphatic rings. The van der Waals surface area contributed by atoms with E-state index < -0.39 is 58.2 Å². The topological polar surface area (TPSA) is 187 Å². The molecule has 1 saturated carbocycles. The van der Waals surface area contributed by atoms with E-state index in [1.165, 1.54) is 18.2 Å². The summed E-state index contributed by atoms with van der Waals surface area (Å²) in [6, 6.07) is 2.86. The Bertz CT molecular complexity index is 1240. The maximum atomic E-state index is 13.5. The molecule has 10 nitrogen and oxygen atoms in total. The number of phenolic OH excluding ortho intramolecular Hbond substituents is 1. The second kappa shape index (κ2) is 8.56. The number of hydrogen-bond acceptors (Lipinski definition) is 8. The van der Waals surface area contributed by atoms with Crippen LogP contribution < -0.4 is 11.1 Å². The van der Waals surface area contributed by atoms with E-state index in [-0.39, 0.29) is 42.1 Å². The molecular weight excluding hydrogens is 468 g/mol. The van der Waals surface area contributed by atoms with Crippen molar-refractivity contribution < 1.29 is 39.6 Å². The summed E-state index contributed by atoms with van der Waals surface area (Å²) in [6.07, 6.45) is 1.50. The Labute approximate surface area is 207 Å². The van der Waals surface area contributed by atoms with Gasteiger partial charge in [0.1, 0.15) is 17.4 Å². The Kier molecular flexibility index (Phi) is 6.09. The third-order valence-electron chi connectivity index (χ3n) is 7.22. The van der Waals surface area contributed by atoms with Gasteiger partial charge < -0.3 is 31.5 Å². The molecule has 0 radical (unpaired) electrons. The minimum absolute atomic E-state index is 0.0681. The first kappa shape index (κ1) is 25.6. The highest BCUT2D eigenvalue weighted by atomic mass is 16.3. The molecule has 0 aromatic heterocycles. The van der Waals surface area contributed by atoms with Crippen LogP contribution in [0.3, 0.4) is 0 Å². The summed E-state index contributed by atoms with van der Waals surface area (Å²) in [5.41, 5.74) is 2.94. The van der Waals surface area contributed by atoms with E-state index in [2.05, 4.69) is 5.32 Å². The Morgan fingerprint density at radius 3 is 2.44 bits per heavy atom. The van der Waals surface area contributed by atoms with E-state index in [4.69, 9.17) is 5.73 Å². The molecule has 5 atom stereocenters. The van der Waals surface area contributed by atoms with Gasteiger partial charge in [0.05, 0.1) is 11.7 Å². The van der Waals surface area contributed by atoms with Gasteiger partial charge in [-0.05, 0) is 69.2 Å². The zero-order valence-corrected chi connectivity index (χ0v) is 20.2. The van der Waals surface area contributed by atoms with Gasteiger partial charge in [-0.3, -0.25) is 19.2 Å². The number of carbonyl (C=O) groups excluding carboxylic acids is 4. The summed E-state index contributed by atoms with van der Waals surface area (Å²) < 4.78 is 0. The first-order chi connectivity index (χ1) is 16.7. The summed E-state index contributed by atoms with van der Waals surface area (Å²) in [4.78, 5) is 50.6. The number of rotatable bonds is 3. The third-order valence-corrected chi connectivity index (χ3v) is 7.22.